The third-order valence-electron chi connectivity index (χ3n) is 6.21. The molecule has 0 spiro atoms. The number of imide groups is 1. The zero-order valence-electron chi connectivity index (χ0n) is 19.2. The van der Waals surface area contributed by atoms with Gasteiger partial charge in [0.25, 0.3) is 11.8 Å². The number of likely N-dealkylation sites (N-methyl/N-ethyl adjacent to an activating group) is 1. The van der Waals surface area contributed by atoms with Gasteiger partial charge in [-0.05, 0) is 49.9 Å². The van der Waals surface area contributed by atoms with Crippen molar-refractivity contribution in [3.63, 3.8) is 0 Å². The van der Waals surface area contributed by atoms with Crippen molar-refractivity contribution in [3.05, 3.63) is 59.7 Å². The highest BCUT2D eigenvalue weighted by Gasteiger charge is 2.42. The third kappa shape index (κ3) is 5.13. The normalized spacial score (nSPS) is 17.6. The SMILES string of the molecule is CN1CCN(c2ccc(NC(=O)C(CCS(C)(=O)=O)N3C(=O)c4ccccc4C3=O)cc2)CC1. The quantitative estimate of drug-likeness (QED) is 0.593. The predicted octanol–water partition coefficient (Wildman–Crippen LogP) is 1.48. The lowest BCUT2D eigenvalue weighted by molar-refractivity contribution is -0.120. The lowest BCUT2D eigenvalue weighted by atomic mass is 10.1. The van der Waals surface area contributed by atoms with Gasteiger partial charge in [0.15, 0.2) is 0 Å². The first kappa shape index (κ1) is 23.9. The van der Waals surface area contributed by atoms with E-state index in [1.807, 2.05) is 12.1 Å². The molecule has 1 unspecified atom stereocenters. The number of carbonyl (C=O) groups excluding carboxylic acids is 3. The average molecular weight is 485 g/mol. The number of carbonyl (C=O) groups is 3. The van der Waals surface area contributed by atoms with Crippen LogP contribution in [0.15, 0.2) is 48.5 Å². The van der Waals surface area contributed by atoms with Crippen LogP contribution in [0.1, 0.15) is 27.1 Å². The lowest BCUT2D eigenvalue weighted by Gasteiger charge is -2.34. The molecule has 0 bridgehead atoms. The largest absolute Gasteiger partial charge is 0.369 e. The fourth-order valence-corrected chi connectivity index (χ4v) is 4.89. The van der Waals surface area contributed by atoms with Gasteiger partial charge in [0.1, 0.15) is 15.9 Å². The number of benzene rings is 2. The fourth-order valence-electron chi connectivity index (χ4n) is 4.24. The van der Waals surface area contributed by atoms with Crippen molar-refractivity contribution < 1.29 is 22.8 Å². The van der Waals surface area contributed by atoms with Crippen LogP contribution < -0.4 is 10.2 Å². The monoisotopic (exact) mass is 484 g/mol. The Morgan fingerprint density at radius 2 is 1.50 bits per heavy atom. The molecule has 0 radical (unpaired) electrons. The minimum absolute atomic E-state index is 0.185. The van der Waals surface area contributed by atoms with Crippen LogP contribution in [-0.2, 0) is 14.6 Å². The molecule has 2 aliphatic rings. The number of rotatable bonds is 7. The number of amides is 3. The predicted molar refractivity (Wildman–Crippen MR) is 130 cm³/mol. The standard InChI is InChI=1S/C24H28N4O5S/c1-26-12-14-27(15-13-26)18-9-7-17(8-10-18)25-22(29)21(11-16-34(2,32)33)28-23(30)19-5-3-4-6-20(19)24(28)31/h3-10,21H,11-16H2,1-2H3,(H,25,29). The maximum atomic E-state index is 13.2. The van der Waals surface area contributed by atoms with E-state index in [1.54, 1.807) is 24.3 Å². The maximum Gasteiger partial charge on any atom is 0.262 e. The second-order valence-electron chi connectivity index (χ2n) is 8.79. The van der Waals surface area contributed by atoms with E-state index in [4.69, 9.17) is 0 Å². The first-order valence-electron chi connectivity index (χ1n) is 11.1. The van der Waals surface area contributed by atoms with Crippen LogP contribution in [0.4, 0.5) is 11.4 Å². The first-order valence-corrected chi connectivity index (χ1v) is 13.2. The van der Waals surface area contributed by atoms with E-state index in [1.165, 1.54) is 12.1 Å². The van der Waals surface area contributed by atoms with E-state index in [2.05, 4.69) is 22.2 Å². The Kier molecular flexibility index (Phi) is 6.72. The van der Waals surface area contributed by atoms with E-state index in [0.717, 1.165) is 43.0 Å². The summed E-state index contributed by atoms with van der Waals surface area (Å²) < 4.78 is 23.6. The van der Waals surface area contributed by atoms with Crippen molar-refractivity contribution in [3.8, 4) is 0 Å². The van der Waals surface area contributed by atoms with Gasteiger partial charge in [0, 0.05) is 43.8 Å². The Labute approximate surface area is 199 Å². The molecule has 180 valence electrons. The summed E-state index contributed by atoms with van der Waals surface area (Å²) in [5.74, 6) is -2.13. The van der Waals surface area contributed by atoms with Crippen molar-refractivity contribution in [2.45, 2.75) is 12.5 Å². The Hall–Kier alpha value is -3.24. The minimum atomic E-state index is -3.42. The van der Waals surface area contributed by atoms with Crippen LogP contribution in [0, 0.1) is 0 Å². The molecule has 9 nitrogen and oxygen atoms in total. The van der Waals surface area contributed by atoms with Crippen molar-refractivity contribution in [1.82, 2.24) is 9.80 Å². The third-order valence-corrected chi connectivity index (χ3v) is 7.18. The number of sulfone groups is 1. The van der Waals surface area contributed by atoms with E-state index >= 15 is 0 Å². The molecule has 2 aliphatic heterocycles. The summed E-state index contributed by atoms with van der Waals surface area (Å²) in [5, 5.41) is 2.75. The highest BCUT2D eigenvalue weighted by Crippen LogP contribution is 2.27. The topological polar surface area (TPSA) is 107 Å². The summed E-state index contributed by atoms with van der Waals surface area (Å²) in [5.41, 5.74) is 1.96. The summed E-state index contributed by atoms with van der Waals surface area (Å²) in [7, 11) is -1.33. The van der Waals surface area contributed by atoms with Gasteiger partial charge in [-0.1, -0.05) is 12.1 Å². The van der Waals surface area contributed by atoms with E-state index in [-0.39, 0.29) is 23.3 Å². The molecule has 0 aromatic heterocycles. The summed E-state index contributed by atoms with van der Waals surface area (Å²) in [4.78, 5) is 44.5. The zero-order valence-corrected chi connectivity index (χ0v) is 20.0. The lowest BCUT2D eigenvalue weighted by Crippen LogP contribution is -2.48. The van der Waals surface area contributed by atoms with Gasteiger partial charge in [-0.3, -0.25) is 19.3 Å². The molecule has 1 saturated heterocycles. The molecule has 10 heteroatoms. The molecule has 2 aromatic carbocycles. The van der Waals surface area contributed by atoms with Gasteiger partial charge in [-0.2, -0.15) is 0 Å². The molecule has 0 aliphatic carbocycles. The Bertz CT molecular complexity index is 1170. The maximum absolute atomic E-state index is 13.2. The molecule has 2 aromatic rings. The Morgan fingerprint density at radius 3 is 2.03 bits per heavy atom. The Balaban J connectivity index is 1.52. The highest BCUT2D eigenvalue weighted by atomic mass is 32.2. The molecule has 2 heterocycles. The van der Waals surface area contributed by atoms with Crippen molar-refractivity contribution in [2.75, 3.05) is 55.5 Å². The molecular formula is C24H28N4O5S. The smallest absolute Gasteiger partial charge is 0.262 e. The van der Waals surface area contributed by atoms with Gasteiger partial charge in [0.05, 0.1) is 16.9 Å². The number of nitrogens with zero attached hydrogens (tertiary/aromatic N) is 3. The molecule has 34 heavy (non-hydrogen) atoms. The van der Waals surface area contributed by atoms with Crippen LogP contribution in [0.3, 0.4) is 0 Å². The van der Waals surface area contributed by atoms with Crippen LogP contribution in [0.25, 0.3) is 0 Å². The van der Waals surface area contributed by atoms with Crippen LogP contribution in [0.5, 0.6) is 0 Å². The van der Waals surface area contributed by atoms with Gasteiger partial charge in [-0.15, -0.1) is 0 Å². The van der Waals surface area contributed by atoms with Crippen molar-refractivity contribution in [2.24, 2.45) is 0 Å². The van der Waals surface area contributed by atoms with Gasteiger partial charge < -0.3 is 15.1 Å². The molecule has 3 amide bonds. The molecule has 1 N–H and O–H groups in total. The second-order valence-corrected chi connectivity index (χ2v) is 11.0. The van der Waals surface area contributed by atoms with Gasteiger partial charge in [-0.25, -0.2) is 8.42 Å². The van der Waals surface area contributed by atoms with Crippen molar-refractivity contribution >= 4 is 38.9 Å². The number of hydrogen-bond acceptors (Lipinski definition) is 7. The first-order chi connectivity index (χ1) is 16.1. The van der Waals surface area contributed by atoms with Crippen LogP contribution >= 0.6 is 0 Å². The number of nitrogens with one attached hydrogen (secondary N) is 1. The number of piperazine rings is 1. The summed E-state index contributed by atoms with van der Waals surface area (Å²) in [6.45, 7) is 3.77. The number of hydrogen-bond donors (Lipinski definition) is 1. The Morgan fingerprint density at radius 1 is 0.941 bits per heavy atom. The van der Waals surface area contributed by atoms with E-state index in [9.17, 15) is 22.8 Å². The van der Waals surface area contributed by atoms with E-state index in [0.29, 0.717) is 5.69 Å². The van der Waals surface area contributed by atoms with E-state index < -0.39 is 33.6 Å². The second kappa shape index (κ2) is 9.55. The van der Waals surface area contributed by atoms with Gasteiger partial charge in [0.2, 0.25) is 5.91 Å². The minimum Gasteiger partial charge on any atom is -0.369 e. The zero-order chi connectivity index (χ0) is 24.5. The van der Waals surface area contributed by atoms with Crippen LogP contribution in [-0.4, -0.2) is 87.2 Å². The molecule has 1 atom stereocenters. The molecule has 1 fully saturated rings. The summed E-state index contributed by atoms with van der Waals surface area (Å²) >= 11 is 0. The molecule has 4 rings (SSSR count). The molecular weight excluding hydrogens is 456 g/mol. The average Bonchev–Trinajstić information content (AvgIpc) is 3.05. The van der Waals surface area contributed by atoms with Crippen molar-refractivity contribution in [1.29, 1.82) is 0 Å². The van der Waals surface area contributed by atoms with Gasteiger partial charge >= 0.3 is 0 Å². The summed E-state index contributed by atoms with van der Waals surface area (Å²) in [6, 6.07) is 12.4. The summed E-state index contributed by atoms with van der Waals surface area (Å²) in [6.07, 6.45) is 0.872. The number of fused-ring (bicyclic) bond motifs is 1. The fraction of sp³-hybridized carbons (Fsp3) is 0.375. The number of anilines is 2. The van der Waals surface area contributed by atoms with Crippen LogP contribution in [0.2, 0.25) is 0 Å². The highest BCUT2D eigenvalue weighted by molar-refractivity contribution is 7.90. The molecule has 0 saturated carbocycles.